The molecule has 0 aliphatic heterocycles. The van der Waals surface area contributed by atoms with Crippen LogP contribution in [0.2, 0.25) is 0 Å². The second-order valence-corrected chi connectivity index (χ2v) is 5.24. The summed E-state index contributed by atoms with van der Waals surface area (Å²) in [5, 5.41) is 6.17. The van der Waals surface area contributed by atoms with E-state index < -0.39 is 0 Å². The fourth-order valence-electron chi connectivity index (χ4n) is 3.15. The van der Waals surface area contributed by atoms with Gasteiger partial charge in [0.15, 0.2) is 0 Å². The average molecular weight is 240 g/mol. The first kappa shape index (κ1) is 12.8. The van der Waals surface area contributed by atoms with Crippen LogP contribution in [0, 0.1) is 5.41 Å². The van der Waals surface area contributed by atoms with Crippen LogP contribution in [0.3, 0.4) is 0 Å². The molecule has 17 heavy (non-hydrogen) atoms. The van der Waals surface area contributed by atoms with Gasteiger partial charge < -0.3 is 15.4 Å². The molecule has 2 fully saturated rings. The standard InChI is InChI=1S/C13H24N2O2/c1-3-17-11-9-10(13(11)6-4-7-13)15-12(16)5-8-14-2/h10-11,14H,3-9H2,1-2H3,(H,15,16). The molecule has 0 bridgehead atoms. The maximum absolute atomic E-state index is 11.7. The topological polar surface area (TPSA) is 50.4 Å². The minimum Gasteiger partial charge on any atom is -0.378 e. The lowest BCUT2D eigenvalue weighted by atomic mass is 9.51. The van der Waals surface area contributed by atoms with Gasteiger partial charge in [-0.3, -0.25) is 4.79 Å². The fraction of sp³-hybridized carbons (Fsp3) is 0.923. The zero-order chi connectivity index (χ0) is 12.3. The Morgan fingerprint density at radius 3 is 2.76 bits per heavy atom. The van der Waals surface area contributed by atoms with Crippen LogP contribution in [-0.2, 0) is 9.53 Å². The third-order valence-electron chi connectivity index (χ3n) is 4.37. The quantitative estimate of drug-likeness (QED) is 0.730. The number of carbonyl (C=O) groups excluding carboxylic acids is 1. The Balaban J connectivity index is 1.81. The van der Waals surface area contributed by atoms with E-state index in [2.05, 4.69) is 10.6 Å². The minimum atomic E-state index is 0.172. The summed E-state index contributed by atoms with van der Waals surface area (Å²) >= 11 is 0. The number of ether oxygens (including phenoxy) is 1. The van der Waals surface area contributed by atoms with Crippen molar-refractivity contribution in [2.24, 2.45) is 5.41 Å². The Kier molecular flexibility index (Phi) is 4.05. The highest BCUT2D eigenvalue weighted by Crippen LogP contribution is 2.57. The number of amides is 1. The molecule has 2 saturated carbocycles. The Bertz CT molecular complexity index is 277. The maximum atomic E-state index is 11.7. The normalized spacial score (nSPS) is 29.5. The third kappa shape index (κ3) is 2.33. The number of rotatable bonds is 6. The molecule has 0 radical (unpaired) electrons. The molecule has 2 rings (SSSR count). The maximum Gasteiger partial charge on any atom is 0.221 e. The predicted molar refractivity (Wildman–Crippen MR) is 66.8 cm³/mol. The van der Waals surface area contributed by atoms with Gasteiger partial charge in [-0.25, -0.2) is 0 Å². The van der Waals surface area contributed by atoms with Crippen molar-refractivity contribution < 1.29 is 9.53 Å². The van der Waals surface area contributed by atoms with Gasteiger partial charge in [-0.1, -0.05) is 6.42 Å². The average Bonchev–Trinajstić information content (AvgIpc) is 2.22. The van der Waals surface area contributed by atoms with Gasteiger partial charge in [0.2, 0.25) is 5.91 Å². The van der Waals surface area contributed by atoms with Crippen LogP contribution in [0.1, 0.15) is 39.0 Å². The molecule has 0 aromatic heterocycles. The first-order chi connectivity index (χ1) is 8.23. The van der Waals surface area contributed by atoms with Crippen molar-refractivity contribution in [3.63, 3.8) is 0 Å². The summed E-state index contributed by atoms with van der Waals surface area (Å²) in [6.45, 7) is 3.58. The third-order valence-corrected chi connectivity index (χ3v) is 4.37. The summed E-state index contributed by atoms with van der Waals surface area (Å²) in [6.07, 6.45) is 5.67. The summed E-state index contributed by atoms with van der Waals surface area (Å²) in [6, 6.07) is 0.358. The van der Waals surface area contributed by atoms with E-state index >= 15 is 0 Å². The molecule has 2 atom stereocenters. The lowest BCUT2D eigenvalue weighted by Gasteiger charge is -2.61. The van der Waals surface area contributed by atoms with Crippen molar-refractivity contribution in [3.05, 3.63) is 0 Å². The van der Waals surface area contributed by atoms with Crippen molar-refractivity contribution in [2.45, 2.75) is 51.2 Å². The van der Waals surface area contributed by atoms with Gasteiger partial charge >= 0.3 is 0 Å². The van der Waals surface area contributed by atoms with Gasteiger partial charge in [-0.05, 0) is 33.2 Å². The van der Waals surface area contributed by atoms with Crippen molar-refractivity contribution in [2.75, 3.05) is 20.2 Å². The predicted octanol–water partition coefficient (Wildman–Crippen LogP) is 1.06. The molecule has 1 amide bonds. The molecule has 4 nitrogen and oxygen atoms in total. The van der Waals surface area contributed by atoms with Gasteiger partial charge in [0.1, 0.15) is 0 Å². The number of nitrogens with one attached hydrogen (secondary N) is 2. The second-order valence-electron chi connectivity index (χ2n) is 5.24. The van der Waals surface area contributed by atoms with Crippen LogP contribution >= 0.6 is 0 Å². The summed E-state index contributed by atoms with van der Waals surface area (Å²) in [4.78, 5) is 11.7. The van der Waals surface area contributed by atoms with Crippen molar-refractivity contribution >= 4 is 5.91 Å². The van der Waals surface area contributed by atoms with Crippen LogP contribution in [-0.4, -0.2) is 38.3 Å². The second kappa shape index (κ2) is 5.36. The lowest BCUT2D eigenvalue weighted by Crippen LogP contribution is -2.67. The van der Waals surface area contributed by atoms with Crippen molar-refractivity contribution in [1.82, 2.24) is 10.6 Å². The van der Waals surface area contributed by atoms with E-state index in [4.69, 9.17) is 4.74 Å². The number of carbonyl (C=O) groups is 1. The Hall–Kier alpha value is -0.610. The first-order valence-electron chi connectivity index (χ1n) is 6.78. The fourth-order valence-corrected chi connectivity index (χ4v) is 3.15. The van der Waals surface area contributed by atoms with Gasteiger partial charge in [-0.2, -0.15) is 0 Å². The first-order valence-corrected chi connectivity index (χ1v) is 6.78. The molecule has 0 aromatic rings. The van der Waals surface area contributed by atoms with E-state index in [0.29, 0.717) is 18.6 Å². The summed E-state index contributed by atoms with van der Waals surface area (Å²) < 4.78 is 5.76. The van der Waals surface area contributed by atoms with E-state index in [1.165, 1.54) is 19.3 Å². The monoisotopic (exact) mass is 240 g/mol. The minimum absolute atomic E-state index is 0.172. The SMILES string of the molecule is CCOC1CC(NC(=O)CCNC)C12CCC2. The van der Waals surface area contributed by atoms with E-state index in [9.17, 15) is 4.79 Å². The zero-order valence-corrected chi connectivity index (χ0v) is 10.9. The highest BCUT2D eigenvalue weighted by Gasteiger charge is 2.59. The number of hydrogen-bond donors (Lipinski definition) is 2. The van der Waals surface area contributed by atoms with Crippen LogP contribution in [0.4, 0.5) is 0 Å². The molecule has 2 aliphatic carbocycles. The van der Waals surface area contributed by atoms with E-state index in [0.717, 1.165) is 19.6 Å². The zero-order valence-electron chi connectivity index (χ0n) is 10.9. The molecule has 0 aromatic carbocycles. The molecule has 0 saturated heterocycles. The molecular formula is C13H24N2O2. The largest absolute Gasteiger partial charge is 0.378 e. The van der Waals surface area contributed by atoms with E-state index in [-0.39, 0.29) is 11.3 Å². The van der Waals surface area contributed by atoms with Crippen LogP contribution in [0.5, 0.6) is 0 Å². The molecule has 98 valence electrons. The molecule has 0 heterocycles. The van der Waals surface area contributed by atoms with Crippen LogP contribution in [0.15, 0.2) is 0 Å². The van der Waals surface area contributed by atoms with Crippen molar-refractivity contribution in [3.8, 4) is 0 Å². The molecule has 1 spiro atoms. The highest BCUT2D eigenvalue weighted by atomic mass is 16.5. The van der Waals surface area contributed by atoms with E-state index in [1.807, 2.05) is 14.0 Å². The molecule has 2 aliphatic rings. The van der Waals surface area contributed by atoms with E-state index in [1.54, 1.807) is 0 Å². The Labute approximate surface area is 103 Å². The van der Waals surface area contributed by atoms with Gasteiger partial charge in [-0.15, -0.1) is 0 Å². The summed E-state index contributed by atoms with van der Waals surface area (Å²) in [5.41, 5.74) is 0.283. The molecule has 2 N–H and O–H groups in total. The Morgan fingerprint density at radius 1 is 1.47 bits per heavy atom. The van der Waals surface area contributed by atoms with Crippen molar-refractivity contribution in [1.29, 1.82) is 0 Å². The van der Waals surface area contributed by atoms with Crippen LogP contribution < -0.4 is 10.6 Å². The highest BCUT2D eigenvalue weighted by molar-refractivity contribution is 5.76. The van der Waals surface area contributed by atoms with Gasteiger partial charge in [0, 0.05) is 31.0 Å². The van der Waals surface area contributed by atoms with Gasteiger partial charge in [0.25, 0.3) is 0 Å². The molecular weight excluding hydrogens is 216 g/mol. The van der Waals surface area contributed by atoms with Crippen LogP contribution in [0.25, 0.3) is 0 Å². The Morgan fingerprint density at radius 2 is 2.24 bits per heavy atom. The number of hydrogen-bond acceptors (Lipinski definition) is 3. The summed E-state index contributed by atoms with van der Waals surface area (Å²) in [5.74, 6) is 0.172. The van der Waals surface area contributed by atoms with Gasteiger partial charge in [0.05, 0.1) is 6.10 Å². The lowest BCUT2D eigenvalue weighted by molar-refractivity contribution is -0.175. The summed E-state index contributed by atoms with van der Waals surface area (Å²) in [7, 11) is 1.87. The molecule has 4 heteroatoms. The molecule has 2 unspecified atom stereocenters. The smallest absolute Gasteiger partial charge is 0.221 e.